The minimum atomic E-state index is -0.0918. The fourth-order valence-electron chi connectivity index (χ4n) is 1.75. The second kappa shape index (κ2) is 7.90. The largest absolute Gasteiger partial charge is 0.618 e. The van der Waals surface area contributed by atoms with Gasteiger partial charge in [-0.25, -0.2) is 0 Å². The maximum Gasteiger partial charge on any atom is 0.251 e. The molecular formula is C15H15ClN2O2S. The van der Waals surface area contributed by atoms with Gasteiger partial charge in [-0.15, -0.1) is 0 Å². The monoisotopic (exact) mass is 322 g/mol. The molecule has 1 aromatic carbocycles. The maximum absolute atomic E-state index is 11.7. The van der Waals surface area contributed by atoms with Gasteiger partial charge in [-0.05, 0) is 41.9 Å². The first-order valence-electron chi connectivity index (χ1n) is 6.47. The summed E-state index contributed by atoms with van der Waals surface area (Å²) in [6.45, 7) is 0.548. The number of hydrogen-bond donors (Lipinski definition) is 1. The fourth-order valence-corrected chi connectivity index (χ4v) is 2.71. The Hall–Kier alpha value is -1.72. The molecule has 0 saturated heterocycles. The third kappa shape index (κ3) is 5.28. The highest BCUT2D eigenvalue weighted by Gasteiger charge is 2.08. The number of nitrogens with one attached hydrogen (secondary N) is 1. The second-order valence-electron chi connectivity index (χ2n) is 4.38. The van der Waals surface area contributed by atoms with Crippen LogP contribution in [0, 0.1) is 5.21 Å². The first kappa shape index (κ1) is 15.7. The van der Waals surface area contributed by atoms with Crippen LogP contribution in [0.5, 0.6) is 0 Å². The zero-order valence-corrected chi connectivity index (χ0v) is 12.9. The summed E-state index contributed by atoms with van der Waals surface area (Å²) in [5.41, 5.74) is 1.08. The molecule has 0 aliphatic heterocycles. The SMILES string of the molecule is O=C(CSc1cccc[n+]1[O-])NCCc1cccc(Cl)c1. The molecule has 0 aliphatic rings. The van der Waals surface area contributed by atoms with E-state index in [9.17, 15) is 10.0 Å². The van der Waals surface area contributed by atoms with Crippen LogP contribution in [0.3, 0.4) is 0 Å². The summed E-state index contributed by atoms with van der Waals surface area (Å²) >= 11 is 7.12. The van der Waals surface area contributed by atoms with Gasteiger partial charge in [0.1, 0.15) is 0 Å². The van der Waals surface area contributed by atoms with Gasteiger partial charge in [0.25, 0.3) is 5.03 Å². The van der Waals surface area contributed by atoms with Gasteiger partial charge in [0.05, 0.1) is 5.75 Å². The van der Waals surface area contributed by atoms with Crippen LogP contribution in [-0.2, 0) is 11.2 Å². The third-order valence-electron chi connectivity index (χ3n) is 2.76. The molecule has 1 amide bonds. The number of halogens is 1. The first-order valence-corrected chi connectivity index (χ1v) is 7.83. The van der Waals surface area contributed by atoms with Crippen LogP contribution >= 0.6 is 23.4 Å². The third-order valence-corrected chi connectivity index (χ3v) is 4.02. The molecule has 110 valence electrons. The Bertz CT molecular complexity index is 622. The van der Waals surface area contributed by atoms with E-state index < -0.39 is 0 Å². The minimum Gasteiger partial charge on any atom is -0.618 e. The molecule has 0 saturated carbocycles. The van der Waals surface area contributed by atoms with Crippen LogP contribution in [-0.4, -0.2) is 18.2 Å². The van der Waals surface area contributed by atoms with Gasteiger partial charge in [-0.3, -0.25) is 4.79 Å². The van der Waals surface area contributed by atoms with E-state index in [-0.39, 0.29) is 11.7 Å². The Morgan fingerprint density at radius 3 is 2.90 bits per heavy atom. The van der Waals surface area contributed by atoms with E-state index in [1.807, 2.05) is 24.3 Å². The molecule has 0 aliphatic carbocycles. The van der Waals surface area contributed by atoms with Crippen molar-refractivity contribution in [2.45, 2.75) is 11.4 Å². The van der Waals surface area contributed by atoms with Crippen molar-refractivity contribution >= 4 is 29.3 Å². The van der Waals surface area contributed by atoms with Crippen molar-refractivity contribution in [3.8, 4) is 0 Å². The van der Waals surface area contributed by atoms with Crippen molar-refractivity contribution in [2.24, 2.45) is 0 Å². The number of hydrogen-bond acceptors (Lipinski definition) is 3. The quantitative estimate of drug-likeness (QED) is 0.505. The van der Waals surface area contributed by atoms with Gasteiger partial charge >= 0.3 is 0 Å². The van der Waals surface area contributed by atoms with Crippen LogP contribution in [0.15, 0.2) is 53.7 Å². The predicted molar refractivity (Wildman–Crippen MR) is 84.3 cm³/mol. The summed E-state index contributed by atoms with van der Waals surface area (Å²) in [6.07, 6.45) is 2.14. The molecule has 0 atom stereocenters. The van der Waals surface area contributed by atoms with Crippen molar-refractivity contribution in [3.05, 3.63) is 64.5 Å². The van der Waals surface area contributed by atoms with E-state index in [2.05, 4.69) is 5.32 Å². The van der Waals surface area contributed by atoms with Crippen LogP contribution in [0.2, 0.25) is 5.02 Å². The van der Waals surface area contributed by atoms with Crippen molar-refractivity contribution in [1.29, 1.82) is 0 Å². The van der Waals surface area contributed by atoms with Gasteiger partial charge in [0, 0.05) is 23.7 Å². The Balaban J connectivity index is 1.72. The lowest BCUT2D eigenvalue weighted by atomic mass is 10.1. The summed E-state index contributed by atoms with van der Waals surface area (Å²) in [7, 11) is 0. The summed E-state index contributed by atoms with van der Waals surface area (Å²) in [6, 6.07) is 12.7. The number of carbonyl (C=O) groups is 1. The van der Waals surface area contributed by atoms with E-state index in [0.717, 1.165) is 16.7 Å². The predicted octanol–water partition coefficient (Wildman–Crippen LogP) is 2.42. The molecule has 6 heteroatoms. The number of pyridine rings is 1. The minimum absolute atomic E-state index is 0.0918. The fraction of sp³-hybridized carbons (Fsp3) is 0.200. The molecule has 2 aromatic rings. The molecule has 0 fully saturated rings. The highest BCUT2D eigenvalue weighted by Crippen LogP contribution is 2.12. The van der Waals surface area contributed by atoms with E-state index in [1.165, 1.54) is 18.0 Å². The molecule has 0 spiro atoms. The summed E-state index contributed by atoms with van der Waals surface area (Å²) < 4.78 is 0.754. The number of amides is 1. The Kier molecular flexibility index (Phi) is 5.90. The van der Waals surface area contributed by atoms with Gasteiger partial charge in [-0.1, -0.05) is 23.7 Å². The normalized spacial score (nSPS) is 10.3. The van der Waals surface area contributed by atoms with E-state index in [0.29, 0.717) is 16.6 Å². The number of nitrogens with zero attached hydrogens (tertiary/aromatic N) is 1. The average Bonchev–Trinajstić information content (AvgIpc) is 2.46. The Labute approximate surface area is 132 Å². The Morgan fingerprint density at radius 1 is 1.29 bits per heavy atom. The van der Waals surface area contributed by atoms with Crippen LogP contribution < -0.4 is 10.0 Å². The molecule has 0 bridgehead atoms. The lowest BCUT2D eigenvalue weighted by Crippen LogP contribution is -2.30. The summed E-state index contributed by atoms with van der Waals surface area (Å²) in [5, 5.41) is 15.4. The topological polar surface area (TPSA) is 56.0 Å². The molecule has 2 rings (SSSR count). The molecular weight excluding hydrogens is 308 g/mol. The number of thioether (sulfide) groups is 1. The lowest BCUT2D eigenvalue weighted by molar-refractivity contribution is -0.645. The molecule has 4 nitrogen and oxygen atoms in total. The number of rotatable bonds is 6. The number of benzene rings is 1. The summed E-state index contributed by atoms with van der Waals surface area (Å²) in [5.74, 6) is 0.132. The smallest absolute Gasteiger partial charge is 0.251 e. The van der Waals surface area contributed by atoms with Gasteiger partial charge < -0.3 is 10.5 Å². The van der Waals surface area contributed by atoms with Crippen LogP contribution in [0.1, 0.15) is 5.56 Å². The van der Waals surface area contributed by atoms with E-state index in [1.54, 1.807) is 18.2 Å². The highest BCUT2D eigenvalue weighted by molar-refractivity contribution is 7.99. The number of carbonyl (C=O) groups excluding carboxylic acids is 1. The standard InChI is InChI=1S/C15H15ClN2O2S/c16-13-5-3-4-12(10-13)7-8-17-14(19)11-21-15-6-1-2-9-18(15)20/h1-6,9-10H,7-8,11H2,(H,17,19). The molecule has 0 unspecified atom stereocenters. The van der Waals surface area contributed by atoms with Crippen LogP contribution in [0.4, 0.5) is 0 Å². The molecule has 1 heterocycles. The average molecular weight is 323 g/mol. The Morgan fingerprint density at radius 2 is 2.14 bits per heavy atom. The van der Waals surface area contributed by atoms with Crippen LogP contribution in [0.25, 0.3) is 0 Å². The van der Waals surface area contributed by atoms with Crippen molar-refractivity contribution in [2.75, 3.05) is 12.3 Å². The van der Waals surface area contributed by atoms with Gasteiger partial charge in [0.15, 0.2) is 6.20 Å². The second-order valence-corrected chi connectivity index (χ2v) is 5.82. The molecule has 21 heavy (non-hydrogen) atoms. The molecule has 0 radical (unpaired) electrons. The lowest BCUT2D eigenvalue weighted by Gasteiger charge is -2.06. The van der Waals surface area contributed by atoms with Gasteiger partial charge in [0.2, 0.25) is 5.91 Å². The molecule has 1 aromatic heterocycles. The van der Waals surface area contributed by atoms with Gasteiger partial charge in [-0.2, -0.15) is 4.73 Å². The van der Waals surface area contributed by atoms with Crippen molar-refractivity contribution in [1.82, 2.24) is 5.32 Å². The number of aromatic nitrogens is 1. The highest BCUT2D eigenvalue weighted by atomic mass is 35.5. The first-order chi connectivity index (χ1) is 10.1. The zero-order chi connectivity index (χ0) is 15.1. The van der Waals surface area contributed by atoms with Crippen molar-refractivity contribution in [3.63, 3.8) is 0 Å². The van der Waals surface area contributed by atoms with E-state index in [4.69, 9.17) is 11.6 Å². The van der Waals surface area contributed by atoms with Crippen molar-refractivity contribution < 1.29 is 9.52 Å². The van der Waals surface area contributed by atoms with E-state index >= 15 is 0 Å². The summed E-state index contributed by atoms with van der Waals surface area (Å²) in [4.78, 5) is 11.7. The zero-order valence-electron chi connectivity index (χ0n) is 11.3. The maximum atomic E-state index is 11.7. The molecule has 1 N–H and O–H groups in total.